The summed E-state index contributed by atoms with van der Waals surface area (Å²) in [5, 5.41) is 10.3. The molecule has 1 N–H and O–H groups in total. The molecule has 18 heavy (non-hydrogen) atoms. The van der Waals surface area contributed by atoms with E-state index in [1.807, 2.05) is 68.4 Å². The average Bonchev–Trinajstić information content (AvgIpc) is 2.38. The Kier molecular flexibility index (Phi) is 4.00. The Morgan fingerprint density at radius 3 is 2.22 bits per heavy atom. The van der Waals surface area contributed by atoms with Crippen LogP contribution in [0.25, 0.3) is 0 Å². The molecule has 0 heterocycles. The second-order valence-electron chi connectivity index (χ2n) is 4.55. The first-order valence-electron chi connectivity index (χ1n) is 6.16. The molecule has 0 radical (unpaired) electrons. The first kappa shape index (κ1) is 12.7. The molecule has 2 rings (SSSR count). The lowest BCUT2D eigenvalue weighted by Crippen LogP contribution is -2.06. The summed E-state index contributed by atoms with van der Waals surface area (Å²) in [5.41, 5.74) is 1.73. The predicted octanol–water partition coefficient (Wildman–Crippen LogP) is 3.56. The van der Waals surface area contributed by atoms with E-state index in [2.05, 4.69) is 0 Å². The fraction of sp³-hybridized carbons (Fsp3) is 0.250. The average molecular weight is 242 g/mol. The van der Waals surface area contributed by atoms with E-state index in [-0.39, 0.29) is 6.10 Å². The van der Waals surface area contributed by atoms with Gasteiger partial charge in [-0.2, -0.15) is 0 Å². The van der Waals surface area contributed by atoms with Gasteiger partial charge >= 0.3 is 0 Å². The summed E-state index contributed by atoms with van der Waals surface area (Å²) < 4.78 is 5.63. The van der Waals surface area contributed by atoms with Gasteiger partial charge in [-0.05, 0) is 37.1 Å². The van der Waals surface area contributed by atoms with Crippen molar-refractivity contribution in [1.82, 2.24) is 0 Å². The van der Waals surface area contributed by atoms with E-state index in [0.29, 0.717) is 0 Å². The van der Waals surface area contributed by atoms with Crippen molar-refractivity contribution in [3.8, 4) is 5.75 Å². The number of aliphatic hydroxyl groups excluding tert-OH is 1. The first-order valence-corrected chi connectivity index (χ1v) is 6.16. The number of benzene rings is 2. The Morgan fingerprint density at radius 1 is 0.889 bits per heavy atom. The van der Waals surface area contributed by atoms with E-state index in [0.717, 1.165) is 16.9 Å². The van der Waals surface area contributed by atoms with Crippen molar-refractivity contribution >= 4 is 0 Å². The van der Waals surface area contributed by atoms with E-state index < -0.39 is 6.10 Å². The van der Waals surface area contributed by atoms with Gasteiger partial charge in [-0.15, -0.1) is 0 Å². The van der Waals surface area contributed by atoms with Crippen molar-refractivity contribution in [3.63, 3.8) is 0 Å². The van der Waals surface area contributed by atoms with Gasteiger partial charge in [0.25, 0.3) is 0 Å². The largest absolute Gasteiger partial charge is 0.491 e. The maximum absolute atomic E-state index is 10.3. The maximum Gasteiger partial charge on any atom is 0.120 e. The van der Waals surface area contributed by atoms with Crippen molar-refractivity contribution in [2.75, 3.05) is 0 Å². The molecule has 2 aromatic carbocycles. The number of hydrogen-bond donors (Lipinski definition) is 1. The van der Waals surface area contributed by atoms with Crippen molar-refractivity contribution in [1.29, 1.82) is 0 Å². The Balaban J connectivity index is 2.23. The molecule has 0 aromatic heterocycles. The highest BCUT2D eigenvalue weighted by atomic mass is 16.5. The van der Waals surface area contributed by atoms with Gasteiger partial charge in [0.05, 0.1) is 6.10 Å². The molecule has 2 aromatic rings. The molecule has 0 fully saturated rings. The van der Waals surface area contributed by atoms with E-state index in [4.69, 9.17) is 4.74 Å². The first-order chi connectivity index (χ1) is 8.66. The summed E-state index contributed by atoms with van der Waals surface area (Å²) in [6.45, 7) is 3.97. The smallest absolute Gasteiger partial charge is 0.120 e. The third-order valence-electron chi connectivity index (χ3n) is 2.66. The minimum Gasteiger partial charge on any atom is -0.491 e. The number of rotatable bonds is 4. The molecule has 0 saturated carbocycles. The molecule has 0 bridgehead atoms. The molecule has 1 atom stereocenters. The number of aliphatic hydroxyl groups is 1. The van der Waals surface area contributed by atoms with Crippen LogP contribution >= 0.6 is 0 Å². The standard InChI is InChI=1S/C16H18O2/c1-12(2)18-15-10-6-9-14(11-15)16(17)13-7-4-3-5-8-13/h3-12,16-17H,1-2H3/t16-/m0/s1. The van der Waals surface area contributed by atoms with Crippen LogP contribution in [0.2, 0.25) is 0 Å². The lowest BCUT2D eigenvalue weighted by Gasteiger charge is -2.14. The molecular formula is C16H18O2. The minimum absolute atomic E-state index is 0.133. The van der Waals surface area contributed by atoms with Crippen LogP contribution in [0.4, 0.5) is 0 Å². The lowest BCUT2D eigenvalue weighted by molar-refractivity contribution is 0.216. The van der Waals surface area contributed by atoms with Gasteiger partial charge in [0.2, 0.25) is 0 Å². The summed E-state index contributed by atoms with van der Waals surface area (Å²) >= 11 is 0. The highest BCUT2D eigenvalue weighted by Gasteiger charge is 2.10. The van der Waals surface area contributed by atoms with Crippen LogP contribution in [0, 0.1) is 0 Å². The van der Waals surface area contributed by atoms with Gasteiger partial charge in [-0.3, -0.25) is 0 Å². The topological polar surface area (TPSA) is 29.5 Å². The lowest BCUT2D eigenvalue weighted by atomic mass is 10.0. The molecule has 2 nitrogen and oxygen atoms in total. The van der Waals surface area contributed by atoms with Crippen LogP contribution in [0.3, 0.4) is 0 Å². The molecule has 0 spiro atoms. The van der Waals surface area contributed by atoms with E-state index in [1.165, 1.54) is 0 Å². The van der Waals surface area contributed by atoms with Gasteiger partial charge in [-0.1, -0.05) is 42.5 Å². The molecule has 0 unspecified atom stereocenters. The zero-order valence-corrected chi connectivity index (χ0v) is 10.7. The van der Waals surface area contributed by atoms with Crippen molar-refractivity contribution < 1.29 is 9.84 Å². The highest BCUT2D eigenvalue weighted by molar-refractivity contribution is 5.35. The van der Waals surface area contributed by atoms with Crippen LogP contribution < -0.4 is 4.74 Å². The maximum atomic E-state index is 10.3. The SMILES string of the molecule is CC(C)Oc1cccc([C@@H](O)c2ccccc2)c1. The van der Waals surface area contributed by atoms with E-state index in [9.17, 15) is 5.11 Å². The number of hydrogen-bond acceptors (Lipinski definition) is 2. The van der Waals surface area contributed by atoms with Gasteiger partial charge in [0, 0.05) is 0 Å². The van der Waals surface area contributed by atoms with E-state index in [1.54, 1.807) is 0 Å². The fourth-order valence-electron chi connectivity index (χ4n) is 1.86. The van der Waals surface area contributed by atoms with Crippen LogP contribution in [0.1, 0.15) is 31.1 Å². The summed E-state index contributed by atoms with van der Waals surface area (Å²) in [4.78, 5) is 0. The molecule has 0 aliphatic carbocycles. The molecule has 0 aliphatic rings. The van der Waals surface area contributed by atoms with Gasteiger partial charge in [0.1, 0.15) is 11.9 Å². The molecule has 0 aliphatic heterocycles. The summed E-state index contributed by atoms with van der Waals surface area (Å²) in [5.74, 6) is 0.789. The zero-order chi connectivity index (χ0) is 13.0. The van der Waals surface area contributed by atoms with Crippen LogP contribution in [-0.4, -0.2) is 11.2 Å². The summed E-state index contributed by atoms with van der Waals surface area (Å²) in [6, 6.07) is 17.2. The fourth-order valence-corrected chi connectivity index (χ4v) is 1.86. The minimum atomic E-state index is -0.609. The Hall–Kier alpha value is -1.80. The number of ether oxygens (including phenoxy) is 1. The zero-order valence-electron chi connectivity index (χ0n) is 10.7. The molecular weight excluding hydrogens is 224 g/mol. The Labute approximate surface area is 108 Å². The predicted molar refractivity (Wildman–Crippen MR) is 72.7 cm³/mol. The third kappa shape index (κ3) is 3.11. The summed E-state index contributed by atoms with van der Waals surface area (Å²) in [6.07, 6.45) is -0.476. The van der Waals surface area contributed by atoms with E-state index >= 15 is 0 Å². The highest BCUT2D eigenvalue weighted by Crippen LogP contribution is 2.25. The van der Waals surface area contributed by atoms with Crippen molar-refractivity contribution in [2.24, 2.45) is 0 Å². The normalized spacial score (nSPS) is 12.4. The molecule has 0 amide bonds. The quantitative estimate of drug-likeness (QED) is 0.888. The summed E-state index contributed by atoms with van der Waals surface area (Å²) in [7, 11) is 0. The molecule has 0 saturated heterocycles. The van der Waals surface area contributed by atoms with Crippen molar-refractivity contribution in [2.45, 2.75) is 26.1 Å². The Bertz CT molecular complexity index is 491. The van der Waals surface area contributed by atoms with Crippen LogP contribution in [-0.2, 0) is 0 Å². The Morgan fingerprint density at radius 2 is 1.56 bits per heavy atom. The van der Waals surface area contributed by atoms with Crippen molar-refractivity contribution in [3.05, 3.63) is 65.7 Å². The third-order valence-corrected chi connectivity index (χ3v) is 2.66. The molecule has 2 heteroatoms. The van der Waals surface area contributed by atoms with Crippen LogP contribution in [0.5, 0.6) is 5.75 Å². The van der Waals surface area contributed by atoms with Gasteiger partial charge in [0.15, 0.2) is 0 Å². The van der Waals surface area contributed by atoms with Crippen LogP contribution in [0.15, 0.2) is 54.6 Å². The van der Waals surface area contributed by atoms with Gasteiger partial charge < -0.3 is 9.84 Å². The molecule has 94 valence electrons. The van der Waals surface area contributed by atoms with Gasteiger partial charge in [-0.25, -0.2) is 0 Å². The monoisotopic (exact) mass is 242 g/mol. The second kappa shape index (κ2) is 5.69. The second-order valence-corrected chi connectivity index (χ2v) is 4.55.